The third kappa shape index (κ3) is 1.90. The molecule has 3 heterocycles. The van der Waals surface area contributed by atoms with Crippen LogP contribution in [-0.2, 0) is 4.74 Å². The van der Waals surface area contributed by atoms with Crippen molar-refractivity contribution in [1.82, 2.24) is 9.88 Å². The van der Waals surface area contributed by atoms with Crippen LogP contribution >= 0.6 is 0 Å². The minimum absolute atomic E-state index is 0.123. The summed E-state index contributed by atoms with van der Waals surface area (Å²) in [6.07, 6.45) is 1.95. The van der Waals surface area contributed by atoms with Crippen LogP contribution in [0.25, 0.3) is 0 Å². The molecule has 4 heteroatoms. The van der Waals surface area contributed by atoms with Gasteiger partial charge >= 0.3 is 0 Å². The Morgan fingerprint density at radius 2 is 2.22 bits per heavy atom. The molecule has 2 aliphatic rings. The van der Waals surface area contributed by atoms with Crippen molar-refractivity contribution in [1.29, 1.82) is 0 Å². The molecule has 18 heavy (non-hydrogen) atoms. The van der Waals surface area contributed by atoms with Crippen LogP contribution in [0.1, 0.15) is 19.5 Å². The number of aliphatic imine (C=N–C) groups is 1. The topological polar surface area (TPSA) is 37.7 Å². The molecule has 0 aliphatic carbocycles. The molecule has 2 atom stereocenters. The van der Waals surface area contributed by atoms with Crippen LogP contribution < -0.4 is 0 Å². The fraction of sp³-hybridized carbons (Fsp3) is 0.571. The average molecular weight is 245 g/mol. The molecule has 2 unspecified atom stereocenters. The van der Waals surface area contributed by atoms with Gasteiger partial charge in [-0.05, 0) is 19.2 Å². The van der Waals surface area contributed by atoms with E-state index in [1.165, 1.54) is 0 Å². The SMILES string of the molecule is CN1CC2N=C(c3ccccn3)OC2C(C)(C)C1. The third-order valence-electron chi connectivity index (χ3n) is 3.70. The number of rotatable bonds is 1. The van der Waals surface area contributed by atoms with Gasteiger partial charge in [-0.2, -0.15) is 0 Å². The van der Waals surface area contributed by atoms with E-state index in [0.29, 0.717) is 5.90 Å². The maximum absolute atomic E-state index is 6.08. The van der Waals surface area contributed by atoms with Gasteiger partial charge in [0, 0.05) is 24.7 Å². The number of aromatic nitrogens is 1. The number of fused-ring (bicyclic) bond motifs is 1. The Balaban J connectivity index is 1.88. The maximum atomic E-state index is 6.08. The lowest BCUT2D eigenvalue weighted by atomic mass is 9.79. The molecule has 0 bridgehead atoms. The standard InChI is InChI=1S/C14H19N3O/c1-14(2)9-17(3)8-11-12(14)18-13(16-11)10-6-4-5-7-15-10/h4-7,11-12H,8-9H2,1-3H3. The fourth-order valence-electron chi connectivity index (χ4n) is 3.05. The first-order chi connectivity index (χ1) is 8.56. The monoisotopic (exact) mass is 245 g/mol. The Morgan fingerprint density at radius 1 is 1.39 bits per heavy atom. The van der Waals surface area contributed by atoms with Crippen molar-refractivity contribution in [2.45, 2.75) is 26.0 Å². The Hall–Kier alpha value is -1.42. The number of pyridine rings is 1. The van der Waals surface area contributed by atoms with Crippen LogP contribution in [0.2, 0.25) is 0 Å². The van der Waals surface area contributed by atoms with Gasteiger partial charge in [0.05, 0.1) is 0 Å². The molecule has 3 rings (SSSR count). The molecule has 96 valence electrons. The lowest BCUT2D eigenvalue weighted by Crippen LogP contribution is -2.54. The number of nitrogens with zero attached hydrogens (tertiary/aromatic N) is 3. The second-order valence-corrected chi connectivity index (χ2v) is 5.94. The summed E-state index contributed by atoms with van der Waals surface area (Å²) in [6.45, 7) is 6.50. The summed E-state index contributed by atoms with van der Waals surface area (Å²) >= 11 is 0. The minimum Gasteiger partial charge on any atom is -0.470 e. The van der Waals surface area contributed by atoms with E-state index in [2.05, 4.69) is 30.8 Å². The molecule has 2 aliphatic heterocycles. The van der Waals surface area contributed by atoms with Crippen molar-refractivity contribution in [2.24, 2.45) is 10.4 Å². The summed E-state index contributed by atoms with van der Waals surface area (Å²) in [7, 11) is 2.15. The van der Waals surface area contributed by atoms with Crippen molar-refractivity contribution in [2.75, 3.05) is 20.1 Å². The van der Waals surface area contributed by atoms with Crippen molar-refractivity contribution in [3.63, 3.8) is 0 Å². The van der Waals surface area contributed by atoms with Crippen molar-refractivity contribution < 1.29 is 4.74 Å². The minimum atomic E-state index is 0.123. The molecular formula is C14H19N3O. The number of likely N-dealkylation sites (tertiary alicyclic amines) is 1. The number of piperidine rings is 1. The van der Waals surface area contributed by atoms with Gasteiger partial charge < -0.3 is 9.64 Å². The Labute approximate surface area is 108 Å². The van der Waals surface area contributed by atoms with Gasteiger partial charge in [0.1, 0.15) is 17.8 Å². The number of likely N-dealkylation sites (N-methyl/N-ethyl adjacent to an activating group) is 1. The molecule has 0 amide bonds. The Morgan fingerprint density at radius 3 is 2.94 bits per heavy atom. The van der Waals surface area contributed by atoms with Crippen LogP contribution in [-0.4, -0.2) is 48.1 Å². The first kappa shape index (κ1) is 11.7. The highest BCUT2D eigenvalue weighted by Gasteiger charge is 2.47. The van der Waals surface area contributed by atoms with Gasteiger partial charge in [-0.15, -0.1) is 0 Å². The highest BCUT2D eigenvalue weighted by Crippen LogP contribution is 2.36. The van der Waals surface area contributed by atoms with Gasteiger partial charge in [-0.3, -0.25) is 4.98 Å². The van der Waals surface area contributed by atoms with Gasteiger partial charge in [0.2, 0.25) is 5.90 Å². The highest BCUT2D eigenvalue weighted by atomic mass is 16.5. The molecule has 0 saturated carbocycles. The zero-order chi connectivity index (χ0) is 12.8. The molecule has 1 saturated heterocycles. The van der Waals surface area contributed by atoms with Crippen molar-refractivity contribution >= 4 is 5.90 Å². The number of hydrogen-bond acceptors (Lipinski definition) is 4. The van der Waals surface area contributed by atoms with Gasteiger partial charge in [-0.25, -0.2) is 4.99 Å². The van der Waals surface area contributed by atoms with Crippen LogP contribution in [0.4, 0.5) is 0 Å². The van der Waals surface area contributed by atoms with E-state index >= 15 is 0 Å². The first-order valence-corrected chi connectivity index (χ1v) is 6.41. The molecular weight excluding hydrogens is 226 g/mol. The van der Waals surface area contributed by atoms with E-state index < -0.39 is 0 Å². The summed E-state index contributed by atoms with van der Waals surface area (Å²) in [5.41, 5.74) is 0.961. The maximum Gasteiger partial charge on any atom is 0.236 e. The largest absolute Gasteiger partial charge is 0.470 e. The second kappa shape index (κ2) is 4.05. The van der Waals surface area contributed by atoms with E-state index in [9.17, 15) is 0 Å². The van der Waals surface area contributed by atoms with Crippen LogP contribution in [0.15, 0.2) is 29.4 Å². The summed E-state index contributed by atoms with van der Waals surface area (Å²) in [5.74, 6) is 0.703. The lowest BCUT2D eigenvalue weighted by molar-refractivity contribution is -0.00349. The fourth-order valence-corrected chi connectivity index (χ4v) is 3.05. The predicted octanol–water partition coefficient (Wildman–Crippen LogP) is 1.57. The van der Waals surface area contributed by atoms with Crippen molar-refractivity contribution in [3.8, 4) is 0 Å². The van der Waals surface area contributed by atoms with E-state index in [0.717, 1.165) is 18.8 Å². The second-order valence-electron chi connectivity index (χ2n) is 5.94. The van der Waals surface area contributed by atoms with Gasteiger partial charge in [0.25, 0.3) is 0 Å². The first-order valence-electron chi connectivity index (χ1n) is 6.41. The number of ether oxygens (including phenoxy) is 1. The van der Waals surface area contributed by atoms with E-state index in [1.54, 1.807) is 6.20 Å². The van der Waals surface area contributed by atoms with Gasteiger partial charge in [-0.1, -0.05) is 19.9 Å². The van der Waals surface area contributed by atoms with Crippen LogP contribution in [0.5, 0.6) is 0 Å². The molecule has 0 aromatic carbocycles. The Kier molecular flexibility index (Phi) is 2.63. The van der Waals surface area contributed by atoms with E-state index in [1.807, 2.05) is 18.2 Å². The molecule has 0 spiro atoms. The van der Waals surface area contributed by atoms with Gasteiger partial charge in [0.15, 0.2) is 0 Å². The average Bonchev–Trinajstić information content (AvgIpc) is 2.74. The molecule has 1 aromatic rings. The number of hydrogen-bond donors (Lipinski definition) is 0. The summed E-state index contributed by atoms with van der Waals surface area (Å²) in [4.78, 5) is 11.4. The Bertz CT molecular complexity index is 469. The zero-order valence-corrected chi connectivity index (χ0v) is 11.1. The third-order valence-corrected chi connectivity index (χ3v) is 3.70. The zero-order valence-electron chi connectivity index (χ0n) is 11.1. The van der Waals surface area contributed by atoms with Crippen molar-refractivity contribution in [3.05, 3.63) is 30.1 Å². The highest BCUT2D eigenvalue weighted by molar-refractivity contribution is 5.93. The summed E-state index contributed by atoms with van der Waals surface area (Å²) in [5, 5.41) is 0. The summed E-state index contributed by atoms with van der Waals surface area (Å²) < 4.78 is 6.08. The smallest absolute Gasteiger partial charge is 0.236 e. The molecule has 1 aromatic heterocycles. The molecule has 0 N–H and O–H groups in total. The normalized spacial score (nSPS) is 30.5. The van der Waals surface area contributed by atoms with Crippen LogP contribution in [0, 0.1) is 5.41 Å². The molecule has 4 nitrogen and oxygen atoms in total. The van der Waals surface area contributed by atoms with Crippen LogP contribution in [0.3, 0.4) is 0 Å². The quantitative estimate of drug-likeness (QED) is 0.753. The van der Waals surface area contributed by atoms with E-state index in [4.69, 9.17) is 9.73 Å². The molecule has 1 fully saturated rings. The molecule has 0 radical (unpaired) electrons. The summed E-state index contributed by atoms with van der Waals surface area (Å²) in [6, 6.07) is 6.06. The lowest BCUT2D eigenvalue weighted by Gasteiger charge is -2.42. The predicted molar refractivity (Wildman–Crippen MR) is 70.7 cm³/mol. The van der Waals surface area contributed by atoms with E-state index in [-0.39, 0.29) is 17.6 Å².